The zero-order chi connectivity index (χ0) is 15.2. The molecule has 2 aromatic rings. The number of carbonyl (C=O) groups is 1. The van der Waals surface area contributed by atoms with Crippen molar-refractivity contribution in [3.05, 3.63) is 71.8 Å². The molecule has 1 nitrogen and oxygen atoms in total. The van der Waals surface area contributed by atoms with Crippen molar-refractivity contribution in [2.24, 2.45) is 5.92 Å². The molecule has 0 aliphatic heterocycles. The second-order valence-corrected chi connectivity index (χ2v) is 5.84. The van der Waals surface area contributed by atoms with Crippen LogP contribution in [0.4, 0.5) is 0 Å². The van der Waals surface area contributed by atoms with Gasteiger partial charge >= 0.3 is 0 Å². The molecule has 1 fully saturated rings. The summed E-state index contributed by atoms with van der Waals surface area (Å²) < 4.78 is 0. The molecule has 0 bridgehead atoms. The minimum absolute atomic E-state index is 0.00852. The van der Waals surface area contributed by atoms with Gasteiger partial charge in [0.2, 0.25) is 0 Å². The van der Waals surface area contributed by atoms with Crippen LogP contribution < -0.4 is 0 Å². The van der Waals surface area contributed by atoms with E-state index in [1.54, 1.807) is 0 Å². The minimum Gasteiger partial charge on any atom is -0.299 e. The fourth-order valence-corrected chi connectivity index (χ4v) is 3.12. The third kappa shape index (κ3) is 3.46. The zero-order valence-corrected chi connectivity index (χ0v) is 12.7. The van der Waals surface area contributed by atoms with E-state index in [1.165, 1.54) is 0 Å². The summed E-state index contributed by atoms with van der Waals surface area (Å²) in [5.41, 5.74) is 2.16. The Bertz CT molecular complexity index is 676. The summed E-state index contributed by atoms with van der Waals surface area (Å²) in [6.45, 7) is 0. The van der Waals surface area contributed by atoms with Gasteiger partial charge in [-0.3, -0.25) is 4.79 Å². The highest BCUT2D eigenvalue weighted by Crippen LogP contribution is 2.33. The van der Waals surface area contributed by atoms with E-state index in [0.717, 1.165) is 30.4 Å². The smallest absolute Gasteiger partial charge is 0.137 e. The van der Waals surface area contributed by atoms with Gasteiger partial charge in [-0.05, 0) is 30.5 Å². The van der Waals surface area contributed by atoms with Gasteiger partial charge in [0.15, 0.2) is 0 Å². The number of ketones is 1. The Balaban J connectivity index is 1.93. The summed E-state index contributed by atoms with van der Waals surface area (Å²) in [5, 5.41) is 0. The minimum atomic E-state index is 0.00852. The van der Waals surface area contributed by atoms with E-state index in [4.69, 9.17) is 0 Å². The van der Waals surface area contributed by atoms with Crippen LogP contribution in [0.3, 0.4) is 0 Å². The fourth-order valence-electron chi connectivity index (χ4n) is 3.12. The number of benzene rings is 2. The first-order chi connectivity index (χ1) is 10.8. The van der Waals surface area contributed by atoms with Gasteiger partial charge < -0.3 is 0 Å². The molecular formula is C21H20O. The third-order valence-corrected chi connectivity index (χ3v) is 4.31. The molecular weight excluding hydrogens is 268 g/mol. The van der Waals surface area contributed by atoms with Crippen molar-refractivity contribution in [2.75, 3.05) is 0 Å². The highest BCUT2D eigenvalue weighted by atomic mass is 16.1. The standard InChI is InChI=1S/C21H20O/c22-21-14-8-7-13-20(21)19(18-11-5-2-6-12-18)16-15-17-9-3-1-4-10-17/h1-6,9-12,19-20H,7-8,13-14H2/t19-,20+/m1/s1. The van der Waals surface area contributed by atoms with Crippen LogP contribution in [0, 0.1) is 17.8 Å². The SMILES string of the molecule is O=C1CCCC[C@H]1[C@H](C#Cc1ccccc1)c1ccccc1. The second-order valence-electron chi connectivity index (χ2n) is 5.84. The average Bonchev–Trinajstić information content (AvgIpc) is 2.58. The van der Waals surface area contributed by atoms with Crippen LogP contribution in [0.25, 0.3) is 0 Å². The van der Waals surface area contributed by atoms with Gasteiger partial charge in [-0.1, -0.05) is 66.8 Å². The van der Waals surface area contributed by atoms with Crippen molar-refractivity contribution in [3.63, 3.8) is 0 Å². The van der Waals surface area contributed by atoms with Crippen LogP contribution >= 0.6 is 0 Å². The maximum absolute atomic E-state index is 12.4. The van der Waals surface area contributed by atoms with Crippen molar-refractivity contribution in [2.45, 2.75) is 31.6 Å². The Morgan fingerprint density at radius 1 is 0.909 bits per heavy atom. The predicted molar refractivity (Wildman–Crippen MR) is 89.5 cm³/mol. The number of carbonyl (C=O) groups excluding carboxylic acids is 1. The second kappa shape index (κ2) is 7.09. The van der Waals surface area contributed by atoms with Crippen LogP contribution in [0.5, 0.6) is 0 Å². The first-order valence-electron chi connectivity index (χ1n) is 7.99. The monoisotopic (exact) mass is 288 g/mol. The predicted octanol–water partition coefficient (Wildman–Crippen LogP) is 4.58. The van der Waals surface area contributed by atoms with Gasteiger partial charge in [0.05, 0.1) is 5.92 Å². The van der Waals surface area contributed by atoms with Crippen molar-refractivity contribution >= 4 is 5.78 Å². The lowest BCUT2D eigenvalue weighted by Gasteiger charge is -2.26. The van der Waals surface area contributed by atoms with Gasteiger partial charge in [-0.15, -0.1) is 0 Å². The van der Waals surface area contributed by atoms with Gasteiger partial charge in [0.25, 0.3) is 0 Å². The summed E-state index contributed by atoms with van der Waals surface area (Å²) in [5.74, 6) is 7.07. The molecule has 0 spiro atoms. The van der Waals surface area contributed by atoms with Crippen LogP contribution in [0.2, 0.25) is 0 Å². The molecule has 0 N–H and O–H groups in total. The van der Waals surface area contributed by atoms with Gasteiger partial charge in [0, 0.05) is 17.9 Å². The molecule has 0 unspecified atom stereocenters. The summed E-state index contributed by atoms with van der Waals surface area (Å²) in [6.07, 6.45) is 3.83. The van der Waals surface area contributed by atoms with Crippen LogP contribution in [0.1, 0.15) is 42.7 Å². The Hall–Kier alpha value is -2.33. The van der Waals surface area contributed by atoms with E-state index in [-0.39, 0.29) is 11.8 Å². The number of rotatable bonds is 2. The third-order valence-electron chi connectivity index (χ3n) is 4.31. The van der Waals surface area contributed by atoms with E-state index in [2.05, 4.69) is 24.0 Å². The molecule has 0 aromatic heterocycles. The van der Waals surface area contributed by atoms with Gasteiger partial charge in [-0.2, -0.15) is 0 Å². The number of hydrogen-bond acceptors (Lipinski definition) is 1. The molecule has 2 atom stereocenters. The molecule has 1 saturated carbocycles. The van der Waals surface area contributed by atoms with Crippen molar-refractivity contribution in [1.29, 1.82) is 0 Å². The van der Waals surface area contributed by atoms with E-state index in [0.29, 0.717) is 12.2 Å². The van der Waals surface area contributed by atoms with Gasteiger partial charge in [-0.25, -0.2) is 0 Å². The van der Waals surface area contributed by atoms with Crippen molar-refractivity contribution < 1.29 is 4.79 Å². The number of hydrogen-bond donors (Lipinski definition) is 0. The highest BCUT2D eigenvalue weighted by molar-refractivity contribution is 5.83. The molecule has 1 aliphatic carbocycles. The lowest BCUT2D eigenvalue weighted by molar-refractivity contribution is -0.124. The molecule has 3 rings (SSSR count). The molecule has 1 heteroatoms. The van der Waals surface area contributed by atoms with Crippen molar-refractivity contribution in [1.82, 2.24) is 0 Å². The average molecular weight is 288 g/mol. The molecule has 2 aromatic carbocycles. The van der Waals surface area contributed by atoms with E-state index < -0.39 is 0 Å². The molecule has 1 aliphatic rings. The summed E-state index contributed by atoms with van der Waals surface area (Å²) in [7, 11) is 0. The topological polar surface area (TPSA) is 17.1 Å². The zero-order valence-electron chi connectivity index (χ0n) is 12.7. The van der Waals surface area contributed by atoms with E-state index >= 15 is 0 Å². The quantitative estimate of drug-likeness (QED) is 0.739. The molecule has 22 heavy (non-hydrogen) atoms. The van der Waals surface area contributed by atoms with Crippen molar-refractivity contribution in [3.8, 4) is 11.8 Å². The molecule has 0 radical (unpaired) electrons. The summed E-state index contributed by atoms with van der Waals surface area (Å²) >= 11 is 0. The molecule has 0 amide bonds. The molecule has 110 valence electrons. The summed E-state index contributed by atoms with van der Waals surface area (Å²) in [6, 6.07) is 20.2. The molecule has 0 saturated heterocycles. The highest BCUT2D eigenvalue weighted by Gasteiger charge is 2.30. The Labute approximate surface area is 132 Å². The van der Waals surface area contributed by atoms with Crippen LogP contribution in [0.15, 0.2) is 60.7 Å². The van der Waals surface area contributed by atoms with Crippen LogP contribution in [-0.2, 0) is 4.79 Å². The maximum atomic E-state index is 12.4. The first-order valence-corrected chi connectivity index (χ1v) is 7.99. The van der Waals surface area contributed by atoms with E-state index in [1.807, 2.05) is 48.5 Å². The Kier molecular flexibility index (Phi) is 4.71. The Morgan fingerprint density at radius 2 is 1.59 bits per heavy atom. The van der Waals surface area contributed by atoms with E-state index in [9.17, 15) is 4.79 Å². The number of Topliss-reactive ketones (excluding diaryl/α,β-unsaturated/α-hetero) is 1. The first kappa shape index (κ1) is 14.6. The lowest BCUT2D eigenvalue weighted by atomic mass is 9.76. The summed E-state index contributed by atoms with van der Waals surface area (Å²) in [4.78, 5) is 12.4. The largest absolute Gasteiger partial charge is 0.299 e. The molecule has 0 heterocycles. The Morgan fingerprint density at radius 3 is 2.27 bits per heavy atom. The lowest BCUT2D eigenvalue weighted by Crippen LogP contribution is -2.25. The normalized spacial score (nSPS) is 19.1. The maximum Gasteiger partial charge on any atom is 0.137 e. The van der Waals surface area contributed by atoms with Gasteiger partial charge in [0.1, 0.15) is 5.78 Å². The van der Waals surface area contributed by atoms with Crippen LogP contribution in [-0.4, -0.2) is 5.78 Å². The fraction of sp³-hybridized carbons (Fsp3) is 0.286.